The SMILES string of the molecule is c1ccc(C2OCCO2)c(Oc2ccccc2C2OCCO2)c1. The predicted molar refractivity (Wildman–Crippen MR) is 82.2 cm³/mol. The summed E-state index contributed by atoms with van der Waals surface area (Å²) in [4.78, 5) is 0. The molecule has 2 aliphatic rings. The summed E-state index contributed by atoms with van der Waals surface area (Å²) >= 11 is 0. The highest BCUT2D eigenvalue weighted by atomic mass is 16.7. The van der Waals surface area contributed by atoms with Crippen molar-refractivity contribution < 1.29 is 23.7 Å². The van der Waals surface area contributed by atoms with Crippen LogP contribution in [0.25, 0.3) is 0 Å². The van der Waals surface area contributed by atoms with E-state index in [-0.39, 0.29) is 12.6 Å². The first-order chi connectivity index (χ1) is 11.4. The Morgan fingerprint density at radius 3 is 1.43 bits per heavy atom. The second kappa shape index (κ2) is 6.68. The zero-order chi connectivity index (χ0) is 15.5. The Labute approximate surface area is 134 Å². The summed E-state index contributed by atoms with van der Waals surface area (Å²) in [6.45, 7) is 2.39. The first kappa shape index (κ1) is 14.7. The van der Waals surface area contributed by atoms with Gasteiger partial charge in [0.15, 0.2) is 12.6 Å². The molecule has 2 aromatic carbocycles. The number of para-hydroxylation sites is 2. The Morgan fingerprint density at radius 2 is 1.00 bits per heavy atom. The van der Waals surface area contributed by atoms with Gasteiger partial charge in [0.05, 0.1) is 37.6 Å². The Balaban J connectivity index is 1.63. The molecule has 0 N–H and O–H groups in total. The number of hydrogen-bond acceptors (Lipinski definition) is 5. The molecule has 2 saturated heterocycles. The summed E-state index contributed by atoms with van der Waals surface area (Å²) in [5.41, 5.74) is 1.76. The number of benzene rings is 2. The summed E-state index contributed by atoms with van der Waals surface area (Å²) in [6.07, 6.45) is -0.755. The van der Waals surface area contributed by atoms with Crippen molar-refractivity contribution in [1.82, 2.24) is 0 Å². The lowest BCUT2D eigenvalue weighted by Crippen LogP contribution is -2.04. The van der Waals surface area contributed by atoms with Gasteiger partial charge in [-0.2, -0.15) is 0 Å². The molecule has 2 heterocycles. The normalized spacial score (nSPS) is 19.3. The minimum absolute atomic E-state index is 0.377. The largest absolute Gasteiger partial charge is 0.456 e. The maximum atomic E-state index is 6.15. The topological polar surface area (TPSA) is 46.2 Å². The zero-order valence-corrected chi connectivity index (χ0v) is 12.6. The van der Waals surface area contributed by atoms with Crippen LogP contribution in [-0.4, -0.2) is 26.4 Å². The van der Waals surface area contributed by atoms with E-state index >= 15 is 0 Å². The molecule has 0 amide bonds. The van der Waals surface area contributed by atoms with Gasteiger partial charge in [-0.05, 0) is 12.1 Å². The van der Waals surface area contributed by atoms with Crippen LogP contribution in [0.2, 0.25) is 0 Å². The van der Waals surface area contributed by atoms with Gasteiger partial charge in [0.25, 0.3) is 0 Å². The van der Waals surface area contributed by atoms with Crippen LogP contribution >= 0.6 is 0 Å². The van der Waals surface area contributed by atoms with Crippen molar-refractivity contribution in [3.05, 3.63) is 59.7 Å². The van der Waals surface area contributed by atoms with Crippen LogP contribution in [0.5, 0.6) is 11.5 Å². The minimum atomic E-state index is -0.377. The fraction of sp³-hybridized carbons (Fsp3) is 0.333. The Hall–Kier alpha value is -1.92. The smallest absolute Gasteiger partial charge is 0.187 e. The number of ether oxygens (including phenoxy) is 5. The van der Waals surface area contributed by atoms with Crippen molar-refractivity contribution in [2.75, 3.05) is 26.4 Å². The van der Waals surface area contributed by atoms with E-state index in [0.29, 0.717) is 37.9 Å². The van der Waals surface area contributed by atoms with E-state index in [1.807, 2.05) is 48.5 Å². The molecule has 5 nitrogen and oxygen atoms in total. The maximum Gasteiger partial charge on any atom is 0.187 e. The van der Waals surface area contributed by atoms with Gasteiger partial charge >= 0.3 is 0 Å². The van der Waals surface area contributed by atoms with Crippen LogP contribution in [0.4, 0.5) is 0 Å². The van der Waals surface area contributed by atoms with E-state index in [1.165, 1.54) is 0 Å². The van der Waals surface area contributed by atoms with Gasteiger partial charge in [-0.15, -0.1) is 0 Å². The lowest BCUT2D eigenvalue weighted by atomic mass is 10.1. The molecule has 2 fully saturated rings. The summed E-state index contributed by atoms with van der Waals surface area (Å²) in [6, 6.07) is 15.5. The second-order valence-electron chi connectivity index (χ2n) is 5.32. The van der Waals surface area contributed by atoms with Crippen molar-refractivity contribution in [3.8, 4) is 11.5 Å². The molecule has 2 aromatic rings. The highest BCUT2D eigenvalue weighted by Crippen LogP contribution is 2.37. The fourth-order valence-corrected chi connectivity index (χ4v) is 2.73. The molecule has 2 aliphatic heterocycles. The van der Waals surface area contributed by atoms with Crippen molar-refractivity contribution in [2.24, 2.45) is 0 Å². The van der Waals surface area contributed by atoms with Gasteiger partial charge in [-0.1, -0.05) is 36.4 Å². The molecule has 0 radical (unpaired) electrons. The Morgan fingerprint density at radius 1 is 0.609 bits per heavy atom. The molecule has 0 bridgehead atoms. The molecule has 0 aromatic heterocycles. The average Bonchev–Trinajstić information content (AvgIpc) is 3.30. The lowest BCUT2D eigenvalue weighted by molar-refractivity contribution is -0.0468. The van der Waals surface area contributed by atoms with E-state index in [4.69, 9.17) is 23.7 Å². The third-order valence-electron chi connectivity index (χ3n) is 3.81. The van der Waals surface area contributed by atoms with Crippen molar-refractivity contribution >= 4 is 0 Å². The van der Waals surface area contributed by atoms with Gasteiger partial charge in [0, 0.05) is 0 Å². The highest BCUT2D eigenvalue weighted by Gasteiger charge is 2.25. The molecule has 0 aliphatic carbocycles. The Bertz CT molecular complexity index is 602. The molecule has 0 saturated carbocycles. The molecule has 0 spiro atoms. The molecular formula is C18H18O5. The second-order valence-corrected chi connectivity index (χ2v) is 5.32. The summed E-state index contributed by atoms with van der Waals surface area (Å²) in [5.74, 6) is 1.43. The van der Waals surface area contributed by atoms with Gasteiger partial charge in [-0.25, -0.2) is 0 Å². The quantitative estimate of drug-likeness (QED) is 0.863. The van der Waals surface area contributed by atoms with Gasteiger partial charge < -0.3 is 23.7 Å². The number of rotatable bonds is 4. The maximum absolute atomic E-state index is 6.15. The van der Waals surface area contributed by atoms with Crippen LogP contribution in [0.3, 0.4) is 0 Å². The van der Waals surface area contributed by atoms with Crippen LogP contribution in [0, 0.1) is 0 Å². The lowest BCUT2D eigenvalue weighted by Gasteiger charge is -2.18. The van der Waals surface area contributed by atoms with Crippen LogP contribution in [0.1, 0.15) is 23.7 Å². The average molecular weight is 314 g/mol. The van der Waals surface area contributed by atoms with E-state index in [1.54, 1.807) is 0 Å². The van der Waals surface area contributed by atoms with Gasteiger partial charge in [0.2, 0.25) is 0 Å². The van der Waals surface area contributed by atoms with Gasteiger partial charge in [0.1, 0.15) is 11.5 Å². The monoisotopic (exact) mass is 314 g/mol. The highest BCUT2D eigenvalue weighted by molar-refractivity contribution is 5.42. The fourth-order valence-electron chi connectivity index (χ4n) is 2.73. The van der Waals surface area contributed by atoms with Crippen molar-refractivity contribution in [3.63, 3.8) is 0 Å². The molecule has 5 heteroatoms. The molecule has 120 valence electrons. The molecule has 0 unspecified atom stereocenters. The predicted octanol–water partition coefficient (Wildman–Crippen LogP) is 3.57. The zero-order valence-electron chi connectivity index (χ0n) is 12.6. The summed E-state index contributed by atoms with van der Waals surface area (Å²) in [7, 11) is 0. The van der Waals surface area contributed by atoms with E-state index in [0.717, 1.165) is 11.1 Å². The first-order valence-corrected chi connectivity index (χ1v) is 7.74. The molecule has 23 heavy (non-hydrogen) atoms. The van der Waals surface area contributed by atoms with Crippen LogP contribution < -0.4 is 4.74 Å². The van der Waals surface area contributed by atoms with Gasteiger partial charge in [-0.3, -0.25) is 0 Å². The third kappa shape index (κ3) is 3.09. The standard InChI is InChI=1S/C18H18O5/c1-3-7-15(13(5-1)17-19-9-10-20-17)23-16-8-4-2-6-14(16)18-21-11-12-22-18/h1-8,17-18H,9-12H2. The van der Waals surface area contributed by atoms with E-state index in [2.05, 4.69) is 0 Å². The summed E-state index contributed by atoms with van der Waals surface area (Å²) < 4.78 is 28.5. The molecule has 0 atom stereocenters. The third-order valence-corrected chi connectivity index (χ3v) is 3.81. The van der Waals surface area contributed by atoms with E-state index < -0.39 is 0 Å². The molecular weight excluding hydrogens is 296 g/mol. The molecule has 4 rings (SSSR count). The van der Waals surface area contributed by atoms with E-state index in [9.17, 15) is 0 Å². The van der Waals surface area contributed by atoms with Crippen molar-refractivity contribution in [2.45, 2.75) is 12.6 Å². The summed E-state index contributed by atoms with van der Waals surface area (Å²) in [5, 5.41) is 0. The van der Waals surface area contributed by atoms with Crippen LogP contribution in [-0.2, 0) is 18.9 Å². The Kier molecular flexibility index (Phi) is 4.26. The first-order valence-electron chi connectivity index (χ1n) is 7.74. The number of hydrogen-bond donors (Lipinski definition) is 0. The van der Waals surface area contributed by atoms with Crippen LogP contribution in [0.15, 0.2) is 48.5 Å². The minimum Gasteiger partial charge on any atom is -0.456 e. The van der Waals surface area contributed by atoms with Crippen molar-refractivity contribution in [1.29, 1.82) is 0 Å².